The van der Waals surface area contributed by atoms with E-state index in [-0.39, 0.29) is 11.6 Å². The van der Waals surface area contributed by atoms with Crippen molar-refractivity contribution >= 4 is 29.1 Å². The maximum absolute atomic E-state index is 11.7. The minimum atomic E-state index is -0.516. The number of nitrogens with zero attached hydrogens (tertiary/aromatic N) is 2. The molecule has 2 rings (SSSR count). The van der Waals surface area contributed by atoms with Gasteiger partial charge in [-0.05, 0) is 39.2 Å². The molecule has 1 aliphatic heterocycles. The molecule has 0 saturated carbocycles. The summed E-state index contributed by atoms with van der Waals surface area (Å²) in [5, 5.41) is 13.9. The SMILES string of the molecule is CC(C)(C)OC(=O)NC[C@H]1CCN(c2ccc([N+](=O)[O-])cc2Cl)C1. The number of hydrogen-bond acceptors (Lipinski definition) is 5. The van der Waals surface area contributed by atoms with Gasteiger partial charge in [-0.1, -0.05) is 11.6 Å². The number of carbonyl (C=O) groups excluding carboxylic acids is 1. The fraction of sp³-hybridized carbons (Fsp3) is 0.562. The van der Waals surface area contributed by atoms with Crippen molar-refractivity contribution < 1.29 is 14.5 Å². The lowest BCUT2D eigenvalue weighted by Crippen LogP contribution is -2.36. The van der Waals surface area contributed by atoms with Crippen molar-refractivity contribution in [2.45, 2.75) is 32.8 Å². The van der Waals surface area contributed by atoms with Crippen LogP contribution in [0.1, 0.15) is 27.2 Å². The van der Waals surface area contributed by atoms with Gasteiger partial charge in [-0.2, -0.15) is 0 Å². The Bertz CT molecular complexity index is 630. The number of halogens is 1. The average molecular weight is 356 g/mol. The van der Waals surface area contributed by atoms with E-state index >= 15 is 0 Å². The maximum Gasteiger partial charge on any atom is 0.407 e. The molecule has 1 N–H and O–H groups in total. The summed E-state index contributed by atoms with van der Waals surface area (Å²) in [6.45, 7) is 7.50. The lowest BCUT2D eigenvalue weighted by atomic mass is 10.1. The first-order valence-corrected chi connectivity index (χ1v) is 8.19. The number of non-ortho nitro benzene ring substituents is 1. The standard InChI is InChI=1S/C16H22ClN3O4/c1-16(2,3)24-15(21)18-9-11-6-7-19(10-11)14-5-4-12(20(22)23)8-13(14)17/h4-5,8,11H,6-7,9-10H2,1-3H3,(H,18,21)/t11-/m1/s1. The maximum atomic E-state index is 11.7. The number of nitrogens with one attached hydrogen (secondary N) is 1. The highest BCUT2D eigenvalue weighted by molar-refractivity contribution is 6.33. The van der Waals surface area contributed by atoms with Gasteiger partial charge in [0.1, 0.15) is 5.60 Å². The van der Waals surface area contributed by atoms with Crippen LogP contribution in [-0.4, -0.2) is 36.3 Å². The number of nitro benzene ring substituents is 1. The predicted octanol–water partition coefficient (Wildman–Crippen LogP) is 3.60. The molecule has 132 valence electrons. The molecule has 0 bridgehead atoms. The third kappa shape index (κ3) is 4.99. The number of alkyl carbamates (subject to hydrolysis) is 1. The number of anilines is 1. The van der Waals surface area contributed by atoms with Crippen molar-refractivity contribution in [2.75, 3.05) is 24.5 Å². The molecule has 24 heavy (non-hydrogen) atoms. The Hall–Kier alpha value is -2.02. The molecule has 1 aliphatic rings. The fourth-order valence-electron chi connectivity index (χ4n) is 2.63. The quantitative estimate of drug-likeness (QED) is 0.658. The molecule has 1 fully saturated rings. The first-order valence-electron chi connectivity index (χ1n) is 7.81. The summed E-state index contributed by atoms with van der Waals surface area (Å²) < 4.78 is 5.22. The molecule has 8 heteroatoms. The number of hydrogen-bond donors (Lipinski definition) is 1. The first-order chi connectivity index (χ1) is 11.2. The Kier molecular flexibility index (Phi) is 5.54. The van der Waals surface area contributed by atoms with Crippen molar-refractivity contribution in [3.63, 3.8) is 0 Å². The van der Waals surface area contributed by atoms with Gasteiger partial charge in [0.05, 0.1) is 15.6 Å². The van der Waals surface area contributed by atoms with Crippen LogP contribution in [0.5, 0.6) is 0 Å². The average Bonchev–Trinajstić information content (AvgIpc) is 2.91. The Balaban J connectivity index is 1.89. The molecule has 1 saturated heterocycles. The third-order valence-corrected chi connectivity index (χ3v) is 4.01. The third-order valence-electron chi connectivity index (χ3n) is 3.70. The molecule has 1 amide bonds. The highest BCUT2D eigenvalue weighted by Crippen LogP contribution is 2.33. The predicted molar refractivity (Wildman–Crippen MR) is 92.7 cm³/mol. The lowest BCUT2D eigenvalue weighted by molar-refractivity contribution is -0.384. The van der Waals surface area contributed by atoms with Crippen LogP contribution in [0, 0.1) is 16.0 Å². The van der Waals surface area contributed by atoms with E-state index in [1.165, 1.54) is 12.1 Å². The van der Waals surface area contributed by atoms with Gasteiger partial charge in [0.15, 0.2) is 0 Å². The zero-order chi connectivity index (χ0) is 17.9. The van der Waals surface area contributed by atoms with E-state index in [0.29, 0.717) is 11.6 Å². The lowest BCUT2D eigenvalue weighted by Gasteiger charge is -2.21. The second-order valence-electron chi connectivity index (χ2n) is 6.88. The van der Waals surface area contributed by atoms with E-state index in [2.05, 4.69) is 10.2 Å². The molecular weight excluding hydrogens is 334 g/mol. The topological polar surface area (TPSA) is 84.7 Å². The first kappa shape index (κ1) is 18.3. The summed E-state index contributed by atoms with van der Waals surface area (Å²) in [5.41, 5.74) is 0.242. The Morgan fingerprint density at radius 3 is 2.79 bits per heavy atom. The van der Waals surface area contributed by atoms with Crippen molar-refractivity contribution in [1.29, 1.82) is 0 Å². The van der Waals surface area contributed by atoms with Gasteiger partial charge < -0.3 is 15.0 Å². The van der Waals surface area contributed by atoms with Crippen LogP contribution in [0.2, 0.25) is 5.02 Å². The summed E-state index contributed by atoms with van der Waals surface area (Å²) in [7, 11) is 0. The molecule has 7 nitrogen and oxygen atoms in total. The molecule has 0 aliphatic carbocycles. The van der Waals surface area contributed by atoms with Crippen molar-refractivity contribution in [3.8, 4) is 0 Å². The van der Waals surface area contributed by atoms with Crippen LogP contribution in [0.4, 0.5) is 16.2 Å². The molecular formula is C16H22ClN3O4. The van der Waals surface area contributed by atoms with Crippen LogP contribution in [-0.2, 0) is 4.74 Å². The number of amides is 1. The molecule has 0 unspecified atom stereocenters. The Morgan fingerprint density at radius 2 is 2.21 bits per heavy atom. The summed E-state index contributed by atoms with van der Waals surface area (Å²) >= 11 is 6.17. The van der Waals surface area contributed by atoms with Gasteiger partial charge in [-0.3, -0.25) is 10.1 Å². The molecule has 0 radical (unpaired) electrons. The van der Waals surface area contributed by atoms with Gasteiger partial charge in [0, 0.05) is 31.8 Å². The normalized spacial score (nSPS) is 17.7. The molecule has 0 spiro atoms. The largest absolute Gasteiger partial charge is 0.444 e. The molecule has 0 aromatic heterocycles. The summed E-state index contributed by atoms with van der Waals surface area (Å²) in [5.74, 6) is 0.281. The van der Waals surface area contributed by atoms with Crippen molar-refractivity contribution in [3.05, 3.63) is 33.3 Å². The van der Waals surface area contributed by atoms with E-state index in [1.807, 2.05) is 20.8 Å². The van der Waals surface area contributed by atoms with E-state index < -0.39 is 16.6 Å². The molecule has 1 aromatic carbocycles. The van der Waals surface area contributed by atoms with Crippen LogP contribution >= 0.6 is 11.6 Å². The number of ether oxygens (including phenoxy) is 1. The van der Waals surface area contributed by atoms with Crippen LogP contribution < -0.4 is 10.2 Å². The summed E-state index contributed by atoms with van der Waals surface area (Å²) in [6, 6.07) is 4.49. The van der Waals surface area contributed by atoms with Crippen molar-refractivity contribution in [2.24, 2.45) is 5.92 Å². The summed E-state index contributed by atoms with van der Waals surface area (Å²) in [4.78, 5) is 24.1. The van der Waals surface area contributed by atoms with E-state index in [1.54, 1.807) is 6.07 Å². The molecule has 1 atom stereocenters. The summed E-state index contributed by atoms with van der Waals surface area (Å²) in [6.07, 6.45) is 0.484. The van der Waals surface area contributed by atoms with E-state index in [4.69, 9.17) is 16.3 Å². The van der Waals surface area contributed by atoms with E-state index in [0.717, 1.165) is 25.2 Å². The van der Waals surface area contributed by atoms with Gasteiger partial charge in [0.25, 0.3) is 5.69 Å². The Labute approximate surface area is 146 Å². The van der Waals surface area contributed by atoms with Crippen LogP contribution in [0.15, 0.2) is 18.2 Å². The smallest absolute Gasteiger partial charge is 0.407 e. The zero-order valence-electron chi connectivity index (χ0n) is 14.0. The highest BCUT2D eigenvalue weighted by Gasteiger charge is 2.26. The number of benzene rings is 1. The zero-order valence-corrected chi connectivity index (χ0v) is 14.8. The van der Waals surface area contributed by atoms with Gasteiger partial charge in [-0.25, -0.2) is 4.79 Å². The number of nitro groups is 1. The monoisotopic (exact) mass is 355 g/mol. The van der Waals surface area contributed by atoms with E-state index in [9.17, 15) is 14.9 Å². The second kappa shape index (κ2) is 7.25. The minimum absolute atomic E-state index is 0.0221. The molecule has 1 heterocycles. The Morgan fingerprint density at radius 1 is 1.50 bits per heavy atom. The molecule has 1 aromatic rings. The van der Waals surface area contributed by atoms with Crippen LogP contribution in [0.25, 0.3) is 0 Å². The number of carbonyl (C=O) groups is 1. The fourth-order valence-corrected chi connectivity index (χ4v) is 2.92. The number of rotatable bonds is 4. The van der Waals surface area contributed by atoms with Gasteiger partial charge in [0.2, 0.25) is 0 Å². The van der Waals surface area contributed by atoms with Gasteiger partial charge >= 0.3 is 6.09 Å². The van der Waals surface area contributed by atoms with Crippen molar-refractivity contribution in [1.82, 2.24) is 5.32 Å². The highest BCUT2D eigenvalue weighted by atomic mass is 35.5. The second-order valence-corrected chi connectivity index (χ2v) is 7.28. The van der Waals surface area contributed by atoms with Crippen LogP contribution in [0.3, 0.4) is 0 Å². The minimum Gasteiger partial charge on any atom is -0.444 e. The van der Waals surface area contributed by atoms with Gasteiger partial charge in [-0.15, -0.1) is 0 Å².